The summed E-state index contributed by atoms with van der Waals surface area (Å²) in [6, 6.07) is 1.61. The Morgan fingerprint density at radius 1 is 1.35 bits per heavy atom. The third-order valence-corrected chi connectivity index (χ3v) is 5.08. The Labute approximate surface area is 142 Å². The molecule has 1 aromatic rings. The topological polar surface area (TPSA) is 113 Å². The van der Waals surface area contributed by atoms with Crippen molar-refractivity contribution in [2.24, 2.45) is 0 Å². The van der Waals surface area contributed by atoms with Gasteiger partial charge in [0.25, 0.3) is 5.91 Å². The minimum absolute atomic E-state index is 0.250. The molecule has 1 heterocycles. The van der Waals surface area contributed by atoms with Crippen LogP contribution in [0.1, 0.15) is 37.7 Å². The number of carbonyl (C=O) groups excluding carboxylic acids is 1. The number of halogens is 1. The summed E-state index contributed by atoms with van der Waals surface area (Å²) in [7, 11) is -7.12. The lowest BCUT2D eigenvalue weighted by Gasteiger charge is -2.17. The molecule has 0 bridgehead atoms. The van der Waals surface area contributed by atoms with Crippen LogP contribution in [0, 0.1) is 0 Å². The number of hydrogen-bond donors (Lipinski definition) is 2. The maximum absolute atomic E-state index is 12.4. The van der Waals surface area contributed by atoms with E-state index in [2.05, 4.69) is 4.74 Å². The molecular formula is C13H15ClN2O6S. The molecule has 0 radical (unpaired) electrons. The highest BCUT2D eigenvalue weighted by Crippen LogP contribution is 2.27. The molecule has 1 aliphatic heterocycles. The van der Waals surface area contributed by atoms with Crippen LogP contribution in [-0.2, 0) is 10.2 Å². The number of carboxylic acid groups (broad SMARTS) is 1. The van der Waals surface area contributed by atoms with E-state index < -0.39 is 46.0 Å². The van der Waals surface area contributed by atoms with Crippen molar-refractivity contribution in [3.8, 4) is 5.75 Å². The normalized spacial score (nSPS) is 17.9. The van der Waals surface area contributed by atoms with Crippen LogP contribution in [0.2, 0.25) is 5.02 Å². The summed E-state index contributed by atoms with van der Waals surface area (Å²) in [5.74, 6) is -3.28. The number of benzene rings is 1. The van der Waals surface area contributed by atoms with E-state index in [-0.39, 0.29) is 18.1 Å². The second-order valence-electron chi connectivity index (χ2n) is 4.78. The van der Waals surface area contributed by atoms with E-state index in [9.17, 15) is 18.0 Å². The summed E-state index contributed by atoms with van der Waals surface area (Å²) < 4.78 is 53.3. The Balaban J connectivity index is 2.41. The molecular weight excluding hydrogens is 348 g/mol. The van der Waals surface area contributed by atoms with Crippen molar-refractivity contribution in [3.63, 3.8) is 0 Å². The molecule has 1 amide bonds. The minimum Gasteiger partial charge on any atom is -0.496 e. The molecule has 1 aliphatic rings. The quantitative estimate of drug-likeness (QED) is 0.808. The monoisotopic (exact) mass is 365 g/mol. The van der Waals surface area contributed by atoms with E-state index >= 15 is 0 Å². The number of ether oxygens (including phenoxy) is 1. The van der Waals surface area contributed by atoms with Crippen molar-refractivity contribution >= 4 is 33.7 Å². The van der Waals surface area contributed by atoms with Gasteiger partial charge in [0.05, 0.1) is 27.3 Å². The van der Waals surface area contributed by atoms with E-state index in [1.165, 1.54) is 0 Å². The summed E-state index contributed by atoms with van der Waals surface area (Å²) in [6.45, 7) is 0.500. The van der Waals surface area contributed by atoms with Gasteiger partial charge in [-0.3, -0.25) is 4.79 Å². The summed E-state index contributed by atoms with van der Waals surface area (Å²) in [5, 5.41) is 8.69. The molecule has 0 saturated carbocycles. The average molecular weight is 366 g/mol. The zero-order chi connectivity index (χ0) is 19.7. The smallest absolute Gasteiger partial charge is 0.337 e. The summed E-state index contributed by atoms with van der Waals surface area (Å²) in [6.07, 6.45) is 1.31. The number of nitrogens with zero attached hydrogens (tertiary/aromatic N) is 1. The van der Waals surface area contributed by atoms with E-state index in [0.717, 1.165) is 16.4 Å². The molecule has 1 aromatic carbocycles. The summed E-state index contributed by atoms with van der Waals surface area (Å²) in [4.78, 5) is 23.5. The van der Waals surface area contributed by atoms with Gasteiger partial charge in [0, 0.05) is 13.1 Å². The van der Waals surface area contributed by atoms with Crippen molar-refractivity contribution < 1.29 is 32.0 Å². The second kappa shape index (κ2) is 6.73. The fourth-order valence-electron chi connectivity index (χ4n) is 2.14. The van der Waals surface area contributed by atoms with E-state index in [1.807, 2.05) is 0 Å². The molecule has 2 rings (SSSR count). The highest BCUT2D eigenvalue weighted by atomic mass is 35.5. The van der Waals surface area contributed by atoms with Crippen LogP contribution in [0.25, 0.3) is 0 Å². The fraction of sp³-hybridized carbons (Fsp3) is 0.385. The minimum atomic E-state index is -4.13. The van der Waals surface area contributed by atoms with Crippen LogP contribution in [0.5, 0.6) is 5.75 Å². The molecule has 126 valence electrons. The lowest BCUT2D eigenvalue weighted by molar-refractivity contribution is 0.0696. The van der Waals surface area contributed by atoms with E-state index in [1.54, 1.807) is 4.72 Å². The van der Waals surface area contributed by atoms with Gasteiger partial charge in [-0.1, -0.05) is 11.6 Å². The standard InChI is InChI=1S/C13H15ClN2O6S/c1-22-11-7-8(13(18)19)10(14)6-9(11)12(17)15-23(20,21)16-4-2-3-5-16/h6-7H,2-5H2,1H3,(H,15,17)(H,18,19)/i1D3. The molecule has 10 heteroatoms. The third kappa shape index (κ3) is 3.74. The zero-order valence-corrected chi connectivity index (χ0v) is 13.3. The summed E-state index contributed by atoms with van der Waals surface area (Å²) in [5.41, 5.74) is -1.01. The van der Waals surface area contributed by atoms with Crippen LogP contribution in [0.15, 0.2) is 12.1 Å². The zero-order valence-electron chi connectivity index (χ0n) is 14.7. The predicted molar refractivity (Wildman–Crippen MR) is 82.2 cm³/mol. The highest BCUT2D eigenvalue weighted by Gasteiger charge is 2.29. The number of methoxy groups -OCH3 is 1. The molecule has 1 saturated heterocycles. The van der Waals surface area contributed by atoms with Crippen molar-refractivity contribution in [1.82, 2.24) is 9.03 Å². The molecule has 0 unspecified atom stereocenters. The van der Waals surface area contributed by atoms with Gasteiger partial charge >= 0.3 is 16.2 Å². The Kier molecular flexibility index (Phi) is 3.98. The first-order chi connectivity index (χ1) is 11.9. The lowest BCUT2D eigenvalue weighted by Crippen LogP contribution is -2.42. The first-order valence-corrected chi connectivity index (χ1v) is 8.30. The first kappa shape index (κ1) is 13.6. The molecule has 0 aliphatic carbocycles. The Morgan fingerprint density at radius 2 is 2.00 bits per heavy atom. The number of nitrogens with one attached hydrogen (secondary N) is 1. The molecule has 2 N–H and O–H groups in total. The number of carboxylic acids is 1. The highest BCUT2D eigenvalue weighted by molar-refractivity contribution is 7.87. The SMILES string of the molecule is [2H]C([2H])([2H])Oc1cc(C(=O)O)c(Cl)cc1C(=O)NS(=O)(=O)N1CCCC1. The van der Waals surface area contributed by atoms with E-state index in [4.69, 9.17) is 20.8 Å². The van der Waals surface area contributed by atoms with Gasteiger partial charge in [0.1, 0.15) is 5.75 Å². The van der Waals surface area contributed by atoms with Gasteiger partial charge in [-0.2, -0.15) is 12.7 Å². The Hall–Kier alpha value is -1.84. The molecule has 23 heavy (non-hydrogen) atoms. The predicted octanol–water partition coefficient (Wildman–Crippen LogP) is 1.12. The first-order valence-electron chi connectivity index (χ1n) is 7.99. The van der Waals surface area contributed by atoms with Crippen LogP contribution in [0.4, 0.5) is 0 Å². The number of carbonyl (C=O) groups is 2. The van der Waals surface area contributed by atoms with Gasteiger partial charge in [0.2, 0.25) is 0 Å². The lowest BCUT2D eigenvalue weighted by atomic mass is 10.1. The van der Waals surface area contributed by atoms with Gasteiger partial charge < -0.3 is 9.84 Å². The van der Waals surface area contributed by atoms with Crippen LogP contribution in [-0.4, -0.2) is 49.8 Å². The van der Waals surface area contributed by atoms with Crippen molar-refractivity contribution in [3.05, 3.63) is 28.3 Å². The maximum Gasteiger partial charge on any atom is 0.337 e. The molecule has 8 nitrogen and oxygen atoms in total. The molecule has 1 fully saturated rings. The molecule has 0 aromatic heterocycles. The van der Waals surface area contributed by atoms with Crippen molar-refractivity contribution in [2.75, 3.05) is 20.1 Å². The van der Waals surface area contributed by atoms with Crippen LogP contribution < -0.4 is 9.46 Å². The van der Waals surface area contributed by atoms with Gasteiger partial charge in [-0.15, -0.1) is 0 Å². The summed E-state index contributed by atoms with van der Waals surface area (Å²) >= 11 is 5.79. The maximum atomic E-state index is 12.4. The number of amides is 1. The largest absolute Gasteiger partial charge is 0.496 e. The second-order valence-corrected chi connectivity index (χ2v) is 6.86. The van der Waals surface area contributed by atoms with Crippen molar-refractivity contribution in [2.45, 2.75) is 12.8 Å². The van der Waals surface area contributed by atoms with Crippen LogP contribution >= 0.6 is 11.6 Å². The third-order valence-electron chi connectivity index (χ3n) is 3.28. The van der Waals surface area contributed by atoms with Gasteiger partial charge in [-0.05, 0) is 25.0 Å². The Morgan fingerprint density at radius 3 is 2.57 bits per heavy atom. The fourth-order valence-corrected chi connectivity index (χ4v) is 3.60. The van der Waals surface area contributed by atoms with Crippen molar-refractivity contribution in [1.29, 1.82) is 0 Å². The molecule has 0 atom stereocenters. The van der Waals surface area contributed by atoms with E-state index in [0.29, 0.717) is 12.8 Å². The number of aromatic carboxylic acids is 1. The number of rotatable bonds is 5. The average Bonchev–Trinajstić information content (AvgIpc) is 3.01. The van der Waals surface area contributed by atoms with Gasteiger partial charge in [0.15, 0.2) is 0 Å². The molecule has 0 spiro atoms. The number of hydrogen-bond acceptors (Lipinski definition) is 5. The Bertz CT molecular complexity index is 837. The van der Waals surface area contributed by atoms with Crippen LogP contribution in [0.3, 0.4) is 0 Å². The van der Waals surface area contributed by atoms with Gasteiger partial charge in [-0.25, -0.2) is 9.52 Å².